The normalized spacial score (nSPS) is 14.7. The van der Waals surface area contributed by atoms with Crippen LogP contribution in [-0.4, -0.2) is 81.6 Å². The molecule has 0 saturated heterocycles. The molecule has 3 aromatic heterocycles. The zero-order valence-corrected chi connectivity index (χ0v) is 26.1. The Morgan fingerprint density at radius 3 is 2.51 bits per heavy atom. The molecule has 0 radical (unpaired) electrons. The van der Waals surface area contributed by atoms with Gasteiger partial charge in [0, 0.05) is 35.3 Å². The SMILES string of the molecule is COC(=O)C(C)(C)COc1cc(C)c(-c2ccc(-c3nc(OC4CCCC4)n(COCCS(C)(C)C)n3)nc2)cn1. The zero-order valence-electron chi connectivity index (χ0n) is 25.3. The fourth-order valence-corrected chi connectivity index (χ4v) is 5.03. The van der Waals surface area contributed by atoms with Crippen LogP contribution in [0.5, 0.6) is 11.9 Å². The molecule has 224 valence electrons. The first-order valence-electron chi connectivity index (χ1n) is 13.9. The van der Waals surface area contributed by atoms with Crippen LogP contribution in [0.25, 0.3) is 22.6 Å². The van der Waals surface area contributed by atoms with Gasteiger partial charge in [0.15, 0.2) is 0 Å². The summed E-state index contributed by atoms with van der Waals surface area (Å²) in [6.07, 6.45) is 15.0. The molecule has 4 rings (SSSR count). The second kappa shape index (κ2) is 13.2. The van der Waals surface area contributed by atoms with E-state index in [0.29, 0.717) is 36.7 Å². The highest BCUT2D eigenvalue weighted by Crippen LogP contribution is 2.34. The minimum atomic E-state index is -0.773. The number of nitrogens with zero attached hydrogens (tertiary/aromatic N) is 5. The van der Waals surface area contributed by atoms with Gasteiger partial charge in [-0.3, -0.25) is 9.78 Å². The third kappa shape index (κ3) is 8.42. The van der Waals surface area contributed by atoms with Crippen LogP contribution in [0.3, 0.4) is 0 Å². The lowest BCUT2D eigenvalue weighted by Crippen LogP contribution is -2.32. The Kier molecular flexibility index (Phi) is 9.91. The van der Waals surface area contributed by atoms with Gasteiger partial charge in [-0.05, 0) is 76.9 Å². The highest BCUT2D eigenvalue weighted by atomic mass is 32.3. The number of carbonyl (C=O) groups is 1. The van der Waals surface area contributed by atoms with Crippen LogP contribution in [0.2, 0.25) is 0 Å². The fraction of sp³-hybridized carbons (Fsp3) is 0.567. The van der Waals surface area contributed by atoms with Crippen LogP contribution in [0.15, 0.2) is 30.6 Å². The summed E-state index contributed by atoms with van der Waals surface area (Å²) in [4.78, 5) is 25.7. The van der Waals surface area contributed by atoms with Crippen LogP contribution in [0.4, 0.5) is 0 Å². The van der Waals surface area contributed by atoms with Crippen molar-refractivity contribution < 1.29 is 23.7 Å². The molecule has 41 heavy (non-hydrogen) atoms. The number of aromatic nitrogens is 5. The van der Waals surface area contributed by atoms with Crippen LogP contribution in [0, 0.1) is 12.3 Å². The van der Waals surface area contributed by atoms with E-state index >= 15 is 0 Å². The van der Waals surface area contributed by atoms with Crippen LogP contribution in [-0.2, 0) is 21.0 Å². The molecule has 1 aliphatic carbocycles. The summed E-state index contributed by atoms with van der Waals surface area (Å²) in [5.74, 6) is 1.65. The van der Waals surface area contributed by atoms with E-state index in [2.05, 4.69) is 33.8 Å². The molecule has 11 heteroatoms. The monoisotopic (exact) mass is 585 g/mol. The summed E-state index contributed by atoms with van der Waals surface area (Å²) in [7, 11) is 0.740. The third-order valence-corrected chi connectivity index (χ3v) is 8.37. The molecule has 0 bridgehead atoms. The molecule has 0 atom stereocenters. The van der Waals surface area contributed by atoms with Gasteiger partial charge in [0.05, 0.1) is 19.1 Å². The average molecular weight is 586 g/mol. The number of ether oxygens (including phenoxy) is 4. The van der Waals surface area contributed by atoms with E-state index < -0.39 is 15.4 Å². The van der Waals surface area contributed by atoms with E-state index in [1.807, 2.05) is 25.1 Å². The van der Waals surface area contributed by atoms with Gasteiger partial charge in [-0.25, -0.2) is 15.0 Å². The standard InChI is InChI=1S/C30H43N5O5S/c1-21-16-26(39-19-30(2,3)28(36)37-4)32-18-24(21)22-12-13-25(31-17-22)27-33-29(40-23-10-8-9-11-23)35(34-27)20-38-14-15-41(5,6)7/h12-13,16-18,23H,8-11,14-15,19-20H2,1-7H3. The molecule has 0 spiro atoms. The predicted octanol–water partition coefficient (Wildman–Crippen LogP) is 5.28. The van der Waals surface area contributed by atoms with Crippen molar-refractivity contribution in [1.29, 1.82) is 0 Å². The molecule has 0 aliphatic heterocycles. The van der Waals surface area contributed by atoms with Crippen LogP contribution < -0.4 is 9.47 Å². The number of aryl methyl sites for hydroxylation is 1. The van der Waals surface area contributed by atoms with Gasteiger partial charge in [0.1, 0.15) is 25.1 Å². The van der Waals surface area contributed by atoms with Gasteiger partial charge in [-0.15, -0.1) is 5.10 Å². The molecule has 1 saturated carbocycles. The molecule has 0 unspecified atom stereocenters. The smallest absolute Gasteiger partial charge is 0.317 e. The minimum Gasteiger partial charge on any atom is -0.476 e. The van der Waals surface area contributed by atoms with E-state index in [-0.39, 0.29) is 18.7 Å². The molecule has 10 nitrogen and oxygen atoms in total. The first kappa shape index (κ1) is 30.8. The fourth-order valence-electron chi connectivity index (χ4n) is 4.41. The van der Waals surface area contributed by atoms with Gasteiger partial charge >= 0.3 is 12.0 Å². The quantitative estimate of drug-likeness (QED) is 0.195. The molecule has 0 N–H and O–H groups in total. The molecule has 1 aliphatic rings. The first-order chi connectivity index (χ1) is 19.4. The molecule has 3 aromatic rings. The minimum absolute atomic E-state index is 0.161. The lowest BCUT2D eigenvalue weighted by Gasteiger charge is -2.24. The number of pyridine rings is 2. The van der Waals surface area contributed by atoms with Crippen LogP contribution in [0.1, 0.15) is 45.1 Å². The van der Waals surface area contributed by atoms with Crippen molar-refractivity contribution in [3.63, 3.8) is 0 Å². The van der Waals surface area contributed by atoms with E-state index in [9.17, 15) is 4.79 Å². The summed E-state index contributed by atoms with van der Waals surface area (Å²) in [6.45, 7) is 6.66. The van der Waals surface area contributed by atoms with Crippen molar-refractivity contribution in [2.45, 2.75) is 59.3 Å². The maximum Gasteiger partial charge on any atom is 0.317 e. The van der Waals surface area contributed by atoms with E-state index in [0.717, 1.165) is 35.3 Å². The average Bonchev–Trinajstić information content (AvgIpc) is 3.59. The van der Waals surface area contributed by atoms with Crippen molar-refractivity contribution in [1.82, 2.24) is 24.7 Å². The third-order valence-electron chi connectivity index (χ3n) is 6.97. The van der Waals surface area contributed by atoms with Crippen molar-refractivity contribution in [2.75, 3.05) is 44.8 Å². The first-order valence-corrected chi connectivity index (χ1v) is 17.0. The number of esters is 1. The zero-order chi connectivity index (χ0) is 29.6. The van der Waals surface area contributed by atoms with Gasteiger partial charge in [-0.1, -0.05) is 6.07 Å². The molecule has 0 aromatic carbocycles. The predicted molar refractivity (Wildman–Crippen MR) is 162 cm³/mol. The lowest BCUT2D eigenvalue weighted by atomic mass is 9.95. The molecule has 0 amide bonds. The molecular weight excluding hydrogens is 542 g/mol. The Hall–Kier alpha value is -3.18. The van der Waals surface area contributed by atoms with Crippen LogP contribution >= 0.6 is 10.0 Å². The topological polar surface area (TPSA) is 110 Å². The maximum absolute atomic E-state index is 11.9. The van der Waals surface area contributed by atoms with Crippen molar-refractivity contribution in [2.24, 2.45) is 5.41 Å². The summed E-state index contributed by atoms with van der Waals surface area (Å²) < 4.78 is 24.5. The number of carbonyl (C=O) groups excluding carboxylic acids is 1. The Balaban J connectivity index is 1.46. The van der Waals surface area contributed by atoms with Crippen molar-refractivity contribution in [3.05, 3.63) is 36.2 Å². The number of rotatable bonds is 13. The van der Waals surface area contributed by atoms with Crippen molar-refractivity contribution >= 4 is 16.0 Å². The van der Waals surface area contributed by atoms with E-state index in [1.165, 1.54) is 20.0 Å². The summed E-state index contributed by atoms with van der Waals surface area (Å²) >= 11 is 0. The number of hydrogen-bond acceptors (Lipinski definition) is 9. The Bertz CT molecular complexity index is 1310. The maximum atomic E-state index is 11.9. The van der Waals surface area contributed by atoms with E-state index in [1.54, 1.807) is 30.9 Å². The Morgan fingerprint density at radius 2 is 1.88 bits per heavy atom. The Labute approximate surface area is 244 Å². The van der Waals surface area contributed by atoms with Gasteiger partial charge < -0.3 is 18.9 Å². The van der Waals surface area contributed by atoms with E-state index in [4.69, 9.17) is 23.9 Å². The second-order valence-electron chi connectivity index (χ2n) is 12.0. The highest BCUT2D eigenvalue weighted by molar-refractivity contribution is 8.32. The van der Waals surface area contributed by atoms with Crippen molar-refractivity contribution in [3.8, 4) is 34.5 Å². The number of methoxy groups -OCH3 is 1. The van der Waals surface area contributed by atoms with Gasteiger partial charge in [-0.2, -0.15) is 9.67 Å². The molecule has 3 heterocycles. The number of hydrogen-bond donors (Lipinski definition) is 0. The summed E-state index contributed by atoms with van der Waals surface area (Å²) in [5.41, 5.74) is 2.70. The summed E-state index contributed by atoms with van der Waals surface area (Å²) in [6, 6.07) is 6.22. The molecular formula is C30H43N5O5S. The summed E-state index contributed by atoms with van der Waals surface area (Å²) in [5, 5.41) is 4.68. The van der Waals surface area contributed by atoms with Gasteiger partial charge in [0.25, 0.3) is 0 Å². The lowest BCUT2D eigenvalue weighted by molar-refractivity contribution is -0.152. The molecule has 1 fully saturated rings. The highest BCUT2D eigenvalue weighted by Gasteiger charge is 2.30. The largest absolute Gasteiger partial charge is 0.476 e. The second-order valence-corrected chi connectivity index (χ2v) is 16.6. The Morgan fingerprint density at radius 1 is 1.12 bits per heavy atom. The van der Waals surface area contributed by atoms with Gasteiger partial charge in [0.2, 0.25) is 11.7 Å².